The summed E-state index contributed by atoms with van der Waals surface area (Å²) in [4.78, 5) is 0.189. The van der Waals surface area contributed by atoms with Crippen molar-refractivity contribution >= 4 is 38.4 Å². The number of halogens is 2. The highest BCUT2D eigenvalue weighted by Crippen LogP contribution is 2.36. The predicted molar refractivity (Wildman–Crippen MR) is 90.7 cm³/mol. The molecular formula is C13H20BrClN2O4S. The number of hydrogen-bond acceptors (Lipinski definition) is 5. The lowest BCUT2D eigenvalue weighted by Gasteiger charge is -2.31. The Bertz CT molecular complexity index is 627. The summed E-state index contributed by atoms with van der Waals surface area (Å²) >= 11 is 3.31. The molecule has 0 bridgehead atoms. The fraction of sp³-hybridized carbons (Fsp3) is 0.538. The molecule has 0 radical (unpaired) electrons. The smallest absolute Gasteiger partial charge is 0.244 e. The number of nitrogens with zero attached hydrogens (tertiary/aromatic N) is 1. The molecule has 0 saturated carbocycles. The lowest BCUT2D eigenvalue weighted by atomic mass is 10.3. The number of benzene rings is 1. The summed E-state index contributed by atoms with van der Waals surface area (Å²) in [5.74, 6) is 0.875. The maximum atomic E-state index is 12.8. The van der Waals surface area contributed by atoms with Gasteiger partial charge in [-0.25, -0.2) is 8.42 Å². The zero-order valence-electron chi connectivity index (χ0n) is 12.6. The average Bonchev–Trinajstić information content (AvgIpc) is 2.46. The summed E-state index contributed by atoms with van der Waals surface area (Å²) < 4.78 is 37.9. The van der Waals surface area contributed by atoms with Gasteiger partial charge in [-0.2, -0.15) is 4.31 Å². The van der Waals surface area contributed by atoms with Gasteiger partial charge in [-0.05, 0) is 28.9 Å². The van der Waals surface area contributed by atoms with Gasteiger partial charge in [0.05, 0.1) is 14.2 Å². The topological polar surface area (TPSA) is 67.9 Å². The zero-order valence-corrected chi connectivity index (χ0v) is 15.8. The summed E-state index contributed by atoms with van der Waals surface area (Å²) in [7, 11) is -0.581. The van der Waals surface area contributed by atoms with Gasteiger partial charge in [0.25, 0.3) is 0 Å². The van der Waals surface area contributed by atoms with Crippen LogP contribution >= 0.6 is 28.3 Å². The highest BCUT2D eigenvalue weighted by atomic mass is 79.9. The molecule has 1 atom stereocenters. The Balaban J connectivity index is 0.00000242. The molecule has 0 aromatic heterocycles. The van der Waals surface area contributed by atoms with Gasteiger partial charge in [0.15, 0.2) is 11.5 Å². The van der Waals surface area contributed by atoms with E-state index in [0.29, 0.717) is 35.6 Å². The van der Waals surface area contributed by atoms with Crippen molar-refractivity contribution in [3.8, 4) is 11.5 Å². The van der Waals surface area contributed by atoms with E-state index in [1.54, 1.807) is 6.07 Å². The molecule has 1 heterocycles. The maximum absolute atomic E-state index is 12.8. The highest BCUT2D eigenvalue weighted by Gasteiger charge is 2.31. The molecule has 6 nitrogen and oxygen atoms in total. The molecule has 1 aromatic carbocycles. The maximum Gasteiger partial charge on any atom is 0.244 e. The molecule has 9 heteroatoms. The van der Waals surface area contributed by atoms with Gasteiger partial charge in [0, 0.05) is 36.2 Å². The van der Waals surface area contributed by atoms with Gasteiger partial charge < -0.3 is 14.8 Å². The number of ether oxygens (including phenoxy) is 2. The van der Waals surface area contributed by atoms with Gasteiger partial charge in [0.1, 0.15) is 4.90 Å². The minimum absolute atomic E-state index is 0. The third-order valence-corrected chi connectivity index (χ3v) is 6.21. The molecule has 1 fully saturated rings. The van der Waals surface area contributed by atoms with E-state index in [0.717, 1.165) is 0 Å². The molecule has 0 spiro atoms. The second-order valence-corrected chi connectivity index (χ2v) is 7.62. The summed E-state index contributed by atoms with van der Waals surface area (Å²) in [6.45, 7) is 3.51. The van der Waals surface area contributed by atoms with Gasteiger partial charge >= 0.3 is 0 Å². The van der Waals surface area contributed by atoms with Gasteiger partial charge in [0.2, 0.25) is 10.0 Å². The summed E-state index contributed by atoms with van der Waals surface area (Å²) in [5.41, 5.74) is 0. The van der Waals surface area contributed by atoms with E-state index in [1.165, 1.54) is 24.6 Å². The number of nitrogens with one attached hydrogen (secondary N) is 1. The molecule has 1 aliphatic heterocycles. The first-order valence-electron chi connectivity index (χ1n) is 6.55. The molecule has 0 amide bonds. The Morgan fingerprint density at radius 3 is 2.41 bits per heavy atom. The van der Waals surface area contributed by atoms with Crippen molar-refractivity contribution in [2.24, 2.45) is 0 Å². The second kappa shape index (κ2) is 7.83. The molecular weight excluding hydrogens is 396 g/mol. The van der Waals surface area contributed by atoms with E-state index in [4.69, 9.17) is 9.47 Å². The number of rotatable bonds is 4. The van der Waals surface area contributed by atoms with Crippen LogP contribution in [0.2, 0.25) is 0 Å². The van der Waals surface area contributed by atoms with Gasteiger partial charge in [-0.1, -0.05) is 0 Å². The van der Waals surface area contributed by atoms with E-state index in [-0.39, 0.29) is 23.3 Å². The highest BCUT2D eigenvalue weighted by molar-refractivity contribution is 9.10. The van der Waals surface area contributed by atoms with Gasteiger partial charge in [-0.3, -0.25) is 0 Å². The Labute approximate surface area is 145 Å². The number of piperazine rings is 1. The molecule has 2 rings (SSSR count). The minimum Gasteiger partial charge on any atom is -0.493 e. The van der Waals surface area contributed by atoms with Crippen LogP contribution in [0.5, 0.6) is 11.5 Å². The fourth-order valence-corrected chi connectivity index (χ4v) is 4.81. The molecule has 126 valence electrons. The SMILES string of the molecule is COc1cc(Br)c(S(=O)(=O)N2CCN[C@H](C)C2)cc1OC.Cl. The van der Waals surface area contributed by atoms with Crippen LogP contribution in [-0.2, 0) is 10.0 Å². The molecule has 22 heavy (non-hydrogen) atoms. The fourth-order valence-electron chi connectivity index (χ4n) is 2.29. The first-order chi connectivity index (χ1) is 9.90. The van der Waals surface area contributed by atoms with Gasteiger partial charge in [-0.15, -0.1) is 12.4 Å². The lowest BCUT2D eigenvalue weighted by Crippen LogP contribution is -2.51. The van der Waals surface area contributed by atoms with Crippen LogP contribution in [0, 0.1) is 0 Å². The average molecular weight is 416 g/mol. The Morgan fingerprint density at radius 1 is 1.27 bits per heavy atom. The van der Waals surface area contributed by atoms with E-state index in [2.05, 4.69) is 21.2 Å². The van der Waals surface area contributed by atoms with Crippen molar-refractivity contribution in [1.82, 2.24) is 9.62 Å². The Kier molecular flexibility index (Phi) is 6.94. The minimum atomic E-state index is -3.57. The molecule has 1 saturated heterocycles. The van der Waals surface area contributed by atoms with E-state index in [1.807, 2.05) is 6.92 Å². The molecule has 1 aromatic rings. The summed E-state index contributed by atoms with van der Waals surface area (Å²) in [5, 5.41) is 3.23. The normalized spacial score (nSPS) is 19.4. The number of methoxy groups -OCH3 is 2. The van der Waals surface area contributed by atoms with Crippen LogP contribution in [-0.4, -0.2) is 52.6 Å². The van der Waals surface area contributed by atoms with Crippen molar-refractivity contribution in [2.75, 3.05) is 33.9 Å². The molecule has 1 N–H and O–H groups in total. The third-order valence-electron chi connectivity index (χ3n) is 3.39. The van der Waals surface area contributed by atoms with Crippen molar-refractivity contribution in [3.05, 3.63) is 16.6 Å². The third kappa shape index (κ3) is 3.86. The zero-order chi connectivity index (χ0) is 15.6. The quantitative estimate of drug-likeness (QED) is 0.813. The van der Waals surface area contributed by atoms with E-state index < -0.39 is 10.0 Å². The van der Waals surface area contributed by atoms with Crippen LogP contribution in [0.15, 0.2) is 21.5 Å². The van der Waals surface area contributed by atoms with E-state index in [9.17, 15) is 8.42 Å². The van der Waals surface area contributed by atoms with Crippen LogP contribution < -0.4 is 14.8 Å². The molecule has 1 aliphatic rings. The monoisotopic (exact) mass is 414 g/mol. The van der Waals surface area contributed by atoms with E-state index >= 15 is 0 Å². The van der Waals surface area contributed by atoms with Crippen LogP contribution in [0.1, 0.15) is 6.92 Å². The molecule has 0 unspecified atom stereocenters. The first kappa shape index (κ1) is 19.5. The van der Waals surface area contributed by atoms with Crippen molar-refractivity contribution in [3.63, 3.8) is 0 Å². The molecule has 0 aliphatic carbocycles. The summed E-state index contributed by atoms with van der Waals surface area (Å²) in [6, 6.07) is 3.23. The standard InChI is InChI=1S/C13H19BrN2O4S.ClH/c1-9-8-16(5-4-15-9)21(17,18)13-7-12(20-3)11(19-2)6-10(13)14;/h6-7,9,15H,4-5,8H2,1-3H3;1H/t9-;/m1./s1. The largest absolute Gasteiger partial charge is 0.493 e. The first-order valence-corrected chi connectivity index (χ1v) is 8.78. The number of hydrogen-bond donors (Lipinski definition) is 1. The van der Waals surface area contributed by atoms with Crippen LogP contribution in [0.3, 0.4) is 0 Å². The Morgan fingerprint density at radius 2 is 1.86 bits per heavy atom. The van der Waals surface area contributed by atoms with Crippen LogP contribution in [0.4, 0.5) is 0 Å². The van der Waals surface area contributed by atoms with Crippen molar-refractivity contribution in [2.45, 2.75) is 17.9 Å². The van der Waals surface area contributed by atoms with Crippen molar-refractivity contribution < 1.29 is 17.9 Å². The van der Waals surface area contributed by atoms with Crippen molar-refractivity contribution in [1.29, 1.82) is 0 Å². The Hall–Kier alpha value is -0.540. The summed E-state index contributed by atoms with van der Waals surface area (Å²) in [6.07, 6.45) is 0. The number of sulfonamides is 1. The van der Waals surface area contributed by atoms with Crippen LogP contribution in [0.25, 0.3) is 0 Å². The lowest BCUT2D eigenvalue weighted by molar-refractivity contribution is 0.309. The predicted octanol–water partition coefficient (Wildman–Crippen LogP) is 1.87. The second-order valence-electron chi connectivity index (χ2n) is 4.86.